The summed E-state index contributed by atoms with van der Waals surface area (Å²) in [5.74, 6) is 0. The molecule has 14 rings (SSSR count). The third-order valence-electron chi connectivity index (χ3n) is 23.2. The molecule has 7 aliphatic rings. The first-order valence-corrected chi connectivity index (χ1v) is 31.4. The first kappa shape index (κ1) is 53.2. The number of anilines is 6. The number of aryl methyl sites for hydroxylation is 2. The van der Waals surface area contributed by atoms with Crippen molar-refractivity contribution in [2.45, 2.75) is 232 Å². The molecule has 0 saturated heterocycles. The van der Waals surface area contributed by atoms with E-state index < -0.39 is 0 Å². The summed E-state index contributed by atoms with van der Waals surface area (Å²) in [7, 11) is 0. The summed E-state index contributed by atoms with van der Waals surface area (Å²) in [6.07, 6.45) is 8.25. The van der Waals surface area contributed by atoms with Gasteiger partial charge in [-0.15, -0.1) is 0 Å². The summed E-state index contributed by atoms with van der Waals surface area (Å²) >= 11 is 0. The highest BCUT2D eigenvalue weighted by Crippen LogP contribution is 2.60. The van der Waals surface area contributed by atoms with Gasteiger partial charge in [0.2, 0.25) is 0 Å². The van der Waals surface area contributed by atoms with Crippen molar-refractivity contribution in [2.75, 3.05) is 9.80 Å². The average molecular weight is 1070 g/mol. The lowest BCUT2D eigenvalue weighted by atomic mass is 9.33. The molecule has 2 nitrogen and oxygen atoms in total. The lowest BCUT2D eigenvalue weighted by Crippen LogP contribution is -2.61. The number of rotatable bonds is 3. The molecule has 0 saturated carbocycles. The maximum absolute atomic E-state index is 2.80. The van der Waals surface area contributed by atoms with Crippen LogP contribution in [0.3, 0.4) is 0 Å². The van der Waals surface area contributed by atoms with Crippen molar-refractivity contribution in [2.24, 2.45) is 0 Å². The van der Waals surface area contributed by atoms with Crippen molar-refractivity contribution >= 4 is 57.2 Å². The van der Waals surface area contributed by atoms with Crippen LogP contribution in [0, 0.1) is 13.8 Å². The largest absolute Gasteiger partial charge is 0.311 e. The maximum atomic E-state index is 2.80. The van der Waals surface area contributed by atoms with Gasteiger partial charge in [-0.1, -0.05) is 185 Å². The molecule has 7 aromatic carbocycles. The molecule has 81 heavy (non-hydrogen) atoms. The van der Waals surface area contributed by atoms with Gasteiger partial charge in [0.1, 0.15) is 0 Å². The first-order valence-electron chi connectivity index (χ1n) is 31.4. The topological polar surface area (TPSA) is 6.48 Å². The second-order valence-corrected chi connectivity index (χ2v) is 33.0. The zero-order chi connectivity index (χ0) is 57.6. The lowest BCUT2D eigenvalue weighted by Gasteiger charge is -2.47. The van der Waals surface area contributed by atoms with E-state index in [-0.39, 0.29) is 55.4 Å². The Labute approximate surface area is 488 Å². The normalized spacial score (nSPS) is 22.0. The number of fused-ring (bicyclic) bond motifs is 11. The van der Waals surface area contributed by atoms with Crippen molar-refractivity contribution in [3.8, 4) is 22.3 Å². The SMILES string of the molecule is Cc1cc2c(cc1N1c3cc4c(cc3B3c5cc6c(cc5N(c5cc7c(cc5C)C(C)(C)CCC7(C)C)c5cc(-c7ccccc7)cc1c53)C(C)(C)c1cc3c(cc1-6)C(C)(C)CCC3(C)C)C(C)(C)CC4(C)C)C(C)(C)CCC2(C)C. The molecule has 0 aromatic heterocycles. The summed E-state index contributed by atoms with van der Waals surface area (Å²) in [5, 5.41) is 0. The number of benzene rings is 7. The molecule has 2 aliphatic heterocycles. The molecule has 0 bridgehead atoms. The first-order chi connectivity index (χ1) is 37.7. The molecule has 2 heterocycles. The van der Waals surface area contributed by atoms with Crippen LogP contribution in [0.1, 0.15) is 236 Å². The van der Waals surface area contributed by atoms with Crippen LogP contribution in [0.5, 0.6) is 0 Å². The molecule has 3 heteroatoms. The standard InChI is InChI=1S/C78H91BN2/c1-45-32-53-58(74(11,12)30-26-70(53,3)4)41-63(45)80-65-40-52-50(49-36-55-56(38-51(49)78(52,19)20)73(9,10)29-28-72(55,7)8)37-61(65)79-62-39-57-60(77(17,18)44-76(57,15)16)43-66(62)81(68-35-48(34-67(80)69(68)79)47-24-22-21-23-25-47)64-42-59-54(33-46(64)2)71(5,6)27-31-75(59,13)14/h21-25,32-43H,26-31,44H2,1-20H3. The monoisotopic (exact) mass is 1070 g/mol. The summed E-state index contributed by atoms with van der Waals surface area (Å²) in [6, 6.07) is 43.4. The highest BCUT2D eigenvalue weighted by molar-refractivity contribution is 7.00. The van der Waals surface area contributed by atoms with E-state index in [1.165, 1.54) is 167 Å². The minimum Gasteiger partial charge on any atom is -0.311 e. The molecule has 0 spiro atoms. The molecular weight excluding hydrogens is 976 g/mol. The van der Waals surface area contributed by atoms with Gasteiger partial charge in [0.15, 0.2) is 0 Å². The third-order valence-corrected chi connectivity index (χ3v) is 23.2. The molecule has 0 fully saturated rings. The van der Waals surface area contributed by atoms with Crippen molar-refractivity contribution in [1.82, 2.24) is 0 Å². The van der Waals surface area contributed by atoms with E-state index in [0.29, 0.717) is 0 Å². The van der Waals surface area contributed by atoms with E-state index in [1.54, 1.807) is 11.1 Å². The summed E-state index contributed by atoms with van der Waals surface area (Å²) in [5.41, 5.74) is 35.6. The molecule has 7 aromatic rings. The van der Waals surface area contributed by atoms with Crippen molar-refractivity contribution < 1.29 is 0 Å². The Morgan fingerprint density at radius 3 is 1.12 bits per heavy atom. The van der Waals surface area contributed by atoms with Gasteiger partial charge in [-0.2, -0.15) is 0 Å². The van der Waals surface area contributed by atoms with Crippen LogP contribution in [-0.4, -0.2) is 6.71 Å². The van der Waals surface area contributed by atoms with Crippen molar-refractivity contribution in [3.63, 3.8) is 0 Å². The Hall–Kier alpha value is -5.80. The smallest absolute Gasteiger partial charge is 0.252 e. The summed E-state index contributed by atoms with van der Waals surface area (Å²) in [4.78, 5) is 5.60. The van der Waals surface area contributed by atoms with Gasteiger partial charge in [0.05, 0.1) is 0 Å². The Kier molecular flexibility index (Phi) is 10.7. The van der Waals surface area contributed by atoms with Crippen LogP contribution >= 0.6 is 0 Å². The molecule has 5 aliphatic carbocycles. The van der Waals surface area contributed by atoms with Gasteiger partial charge in [0, 0.05) is 39.5 Å². The summed E-state index contributed by atoms with van der Waals surface area (Å²) < 4.78 is 0. The fourth-order valence-electron chi connectivity index (χ4n) is 18.0. The Morgan fingerprint density at radius 1 is 0.309 bits per heavy atom. The van der Waals surface area contributed by atoms with E-state index in [4.69, 9.17) is 0 Å². The van der Waals surface area contributed by atoms with Crippen LogP contribution in [0.4, 0.5) is 34.1 Å². The predicted octanol–water partition coefficient (Wildman–Crippen LogP) is 19.4. The van der Waals surface area contributed by atoms with E-state index in [2.05, 4.69) is 251 Å². The van der Waals surface area contributed by atoms with Crippen LogP contribution < -0.4 is 26.2 Å². The van der Waals surface area contributed by atoms with E-state index >= 15 is 0 Å². The molecule has 0 unspecified atom stereocenters. The van der Waals surface area contributed by atoms with Crippen LogP contribution in [0.2, 0.25) is 0 Å². The lowest BCUT2D eigenvalue weighted by molar-refractivity contribution is 0.331. The molecule has 0 amide bonds. The quantitative estimate of drug-likeness (QED) is 0.163. The Bertz CT molecular complexity index is 3920. The average Bonchev–Trinajstić information content (AvgIpc) is 2.77. The summed E-state index contributed by atoms with van der Waals surface area (Å²) in [6.45, 7) is 49.9. The fourth-order valence-corrected chi connectivity index (χ4v) is 18.0. The van der Waals surface area contributed by atoms with Crippen LogP contribution in [-0.2, 0) is 48.7 Å². The van der Waals surface area contributed by atoms with Gasteiger partial charge < -0.3 is 9.80 Å². The van der Waals surface area contributed by atoms with Gasteiger partial charge in [-0.25, -0.2) is 0 Å². The molecule has 416 valence electrons. The van der Waals surface area contributed by atoms with Crippen LogP contribution in [0.15, 0.2) is 103 Å². The maximum Gasteiger partial charge on any atom is 0.252 e. The van der Waals surface area contributed by atoms with E-state index in [0.717, 1.165) is 6.42 Å². The van der Waals surface area contributed by atoms with E-state index in [1.807, 2.05) is 0 Å². The minimum absolute atomic E-state index is 0.0129. The Balaban J connectivity index is 1.15. The second kappa shape index (κ2) is 16.3. The van der Waals surface area contributed by atoms with Crippen molar-refractivity contribution in [1.29, 1.82) is 0 Å². The highest BCUT2D eigenvalue weighted by Gasteiger charge is 2.52. The fraction of sp³-hybridized carbons (Fsp3) is 0.462. The number of nitrogens with zero attached hydrogens (tertiary/aromatic N) is 2. The van der Waals surface area contributed by atoms with E-state index in [9.17, 15) is 0 Å². The third kappa shape index (κ3) is 7.36. The molecular formula is C78H91BN2. The highest BCUT2D eigenvalue weighted by atomic mass is 15.2. The molecule has 0 atom stereocenters. The van der Waals surface area contributed by atoms with Gasteiger partial charge in [-0.05, 0) is 250 Å². The minimum atomic E-state index is -0.212. The zero-order valence-electron chi connectivity index (χ0n) is 53.2. The molecule has 0 radical (unpaired) electrons. The van der Waals surface area contributed by atoms with Crippen LogP contribution in [0.25, 0.3) is 22.3 Å². The van der Waals surface area contributed by atoms with Gasteiger partial charge >= 0.3 is 0 Å². The Morgan fingerprint density at radius 2 is 0.654 bits per heavy atom. The number of hydrogen-bond donors (Lipinski definition) is 0. The zero-order valence-corrected chi connectivity index (χ0v) is 53.2. The van der Waals surface area contributed by atoms with Gasteiger partial charge in [0.25, 0.3) is 6.71 Å². The molecule has 0 N–H and O–H groups in total. The number of hydrogen-bond acceptors (Lipinski definition) is 2. The van der Waals surface area contributed by atoms with Gasteiger partial charge in [-0.3, -0.25) is 0 Å². The predicted molar refractivity (Wildman–Crippen MR) is 349 cm³/mol. The van der Waals surface area contributed by atoms with Crippen molar-refractivity contribution in [3.05, 3.63) is 170 Å². The second-order valence-electron chi connectivity index (χ2n) is 33.0.